The minimum Gasteiger partial charge on any atom is -0.350 e. The Hall–Kier alpha value is -3.15. The van der Waals surface area contributed by atoms with Gasteiger partial charge in [-0.25, -0.2) is 4.52 Å². The number of fused-ring (bicyclic) bond motifs is 2. The van der Waals surface area contributed by atoms with Crippen molar-refractivity contribution in [2.24, 2.45) is 5.92 Å². The van der Waals surface area contributed by atoms with Gasteiger partial charge in [0, 0.05) is 37.7 Å². The van der Waals surface area contributed by atoms with Gasteiger partial charge in [0.15, 0.2) is 0 Å². The lowest BCUT2D eigenvalue weighted by Gasteiger charge is -2.36. The predicted octanol–water partition coefficient (Wildman–Crippen LogP) is 2.95. The summed E-state index contributed by atoms with van der Waals surface area (Å²) >= 11 is 0. The third-order valence-corrected chi connectivity index (χ3v) is 5.41. The highest BCUT2D eigenvalue weighted by molar-refractivity contribution is 5.88. The van der Waals surface area contributed by atoms with Gasteiger partial charge in [-0.15, -0.1) is 0 Å². The fourth-order valence-corrected chi connectivity index (χ4v) is 3.91. The van der Waals surface area contributed by atoms with Crippen LogP contribution in [0.2, 0.25) is 0 Å². The zero-order valence-electron chi connectivity index (χ0n) is 16.8. The van der Waals surface area contributed by atoms with Crippen molar-refractivity contribution in [3.05, 3.63) is 71.5 Å². The lowest BCUT2D eigenvalue weighted by Crippen LogP contribution is -2.52. The van der Waals surface area contributed by atoms with Crippen LogP contribution in [0.15, 0.2) is 54.9 Å². The van der Waals surface area contributed by atoms with Crippen LogP contribution >= 0.6 is 0 Å². The summed E-state index contributed by atoms with van der Waals surface area (Å²) in [4.78, 5) is 27.7. The van der Waals surface area contributed by atoms with E-state index in [-0.39, 0.29) is 17.7 Å². The first-order valence-corrected chi connectivity index (χ1v) is 10.1. The van der Waals surface area contributed by atoms with Crippen molar-refractivity contribution in [3.8, 4) is 0 Å². The van der Waals surface area contributed by atoms with Crippen LogP contribution in [0.4, 0.5) is 0 Å². The fraction of sp³-hybridized carbons (Fsp3) is 0.348. The molecule has 150 valence electrons. The Labute approximate surface area is 170 Å². The van der Waals surface area contributed by atoms with E-state index in [1.165, 1.54) is 0 Å². The lowest BCUT2D eigenvalue weighted by atomic mass is 9.92. The van der Waals surface area contributed by atoms with Gasteiger partial charge in [-0.05, 0) is 29.2 Å². The quantitative estimate of drug-likeness (QED) is 0.728. The molecule has 4 rings (SSSR count). The lowest BCUT2D eigenvalue weighted by molar-refractivity contribution is -0.142. The van der Waals surface area contributed by atoms with Gasteiger partial charge in [0.1, 0.15) is 6.04 Å². The largest absolute Gasteiger partial charge is 0.350 e. The summed E-state index contributed by atoms with van der Waals surface area (Å²) in [6.07, 6.45) is 4.64. The molecule has 1 aliphatic rings. The van der Waals surface area contributed by atoms with Crippen molar-refractivity contribution in [2.75, 3.05) is 0 Å². The molecule has 1 aliphatic heterocycles. The zero-order chi connectivity index (χ0) is 20.4. The highest BCUT2D eigenvalue weighted by Crippen LogP contribution is 2.25. The number of nitrogens with one attached hydrogen (secondary N) is 1. The van der Waals surface area contributed by atoms with E-state index in [1.807, 2.05) is 62.5 Å². The number of hydrogen-bond acceptors (Lipinski definition) is 3. The number of rotatable bonds is 5. The van der Waals surface area contributed by atoms with Crippen LogP contribution in [0.3, 0.4) is 0 Å². The number of amides is 2. The Morgan fingerprint density at radius 2 is 1.90 bits per heavy atom. The van der Waals surface area contributed by atoms with E-state index >= 15 is 0 Å². The number of carbonyl (C=O) groups is 2. The van der Waals surface area contributed by atoms with Gasteiger partial charge in [-0.3, -0.25) is 9.59 Å². The minimum atomic E-state index is -0.488. The molecule has 1 N–H and O–H groups in total. The summed E-state index contributed by atoms with van der Waals surface area (Å²) in [7, 11) is 0. The van der Waals surface area contributed by atoms with Crippen molar-refractivity contribution >= 4 is 17.3 Å². The van der Waals surface area contributed by atoms with E-state index in [4.69, 9.17) is 0 Å². The number of benzene rings is 1. The topological polar surface area (TPSA) is 66.7 Å². The molecule has 3 heterocycles. The first kappa shape index (κ1) is 19.2. The van der Waals surface area contributed by atoms with Crippen molar-refractivity contribution in [2.45, 2.75) is 45.8 Å². The van der Waals surface area contributed by atoms with Crippen molar-refractivity contribution in [1.29, 1.82) is 0 Å². The third kappa shape index (κ3) is 4.01. The Bertz CT molecular complexity index is 1040. The second-order valence-electron chi connectivity index (χ2n) is 8.03. The molecule has 2 amide bonds. The Morgan fingerprint density at radius 1 is 1.14 bits per heavy atom. The summed E-state index contributed by atoms with van der Waals surface area (Å²) in [5.41, 5.74) is 4.18. The molecule has 29 heavy (non-hydrogen) atoms. The van der Waals surface area contributed by atoms with Gasteiger partial charge in [0.2, 0.25) is 11.8 Å². The fourth-order valence-electron chi connectivity index (χ4n) is 3.91. The molecule has 0 spiro atoms. The molecule has 0 bridgehead atoms. The number of nitrogens with zero attached hydrogens (tertiary/aromatic N) is 3. The van der Waals surface area contributed by atoms with Gasteiger partial charge in [0.25, 0.3) is 0 Å². The van der Waals surface area contributed by atoms with E-state index in [0.29, 0.717) is 25.9 Å². The van der Waals surface area contributed by atoms with E-state index in [9.17, 15) is 9.59 Å². The van der Waals surface area contributed by atoms with Crippen LogP contribution in [0.5, 0.6) is 0 Å². The normalized spacial score (nSPS) is 16.1. The van der Waals surface area contributed by atoms with Crippen LogP contribution in [0, 0.1) is 5.92 Å². The molecule has 0 radical (unpaired) electrons. The number of carbonyl (C=O) groups excluding carboxylic acids is 2. The van der Waals surface area contributed by atoms with E-state index in [0.717, 1.165) is 22.2 Å². The highest BCUT2D eigenvalue weighted by atomic mass is 16.2. The third-order valence-electron chi connectivity index (χ3n) is 5.41. The van der Waals surface area contributed by atoms with E-state index in [2.05, 4.69) is 10.4 Å². The van der Waals surface area contributed by atoms with Crippen LogP contribution in [0.1, 0.15) is 37.0 Å². The van der Waals surface area contributed by atoms with Crippen LogP contribution in [0.25, 0.3) is 5.52 Å². The SMILES string of the molecule is CC(C)CC(=O)N1Cc2ccccc2CC1C(=O)NCc1cnn2ccccc12. The van der Waals surface area contributed by atoms with Crippen molar-refractivity contribution < 1.29 is 9.59 Å². The van der Waals surface area contributed by atoms with Gasteiger partial charge in [0.05, 0.1) is 11.7 Å². The summed E-state index contributed by atoms with van der Waals surface area (Å²) in [6, 6.07) is 13.4. The molecule has 1 unspecified atom stereocenters. The molecule has 2 aromatic heterocycles. The molecule has 1 aromatic carbocycles. The monoisotopic (exact) mass is 390 g/mol. The standard InChI is InChI=1S/C23H26N4O2/c1-16(2)11-22(28)26-15-18-8-4-3-7-17(18)12-21(26)23(29)24-13-19-14-25-27-10-6-5-9-20(19)27/h3-10,14,16,21H,11-13,15H2,1-2H3,(H,24,29). The van der Waals surface area contributed by atoms with Gasteiger partial charge >= 0.3 is 0 Å². The van der Waals surface area contributed by atoms with E-state index < -0.39 is 6.04 Å². The molecular weight excluding hydrogens is 364 g/mol. The Balaban J connectivity index is 1.53. The minimum absolute atomic E-state index is 0.0330. The molecule has 0 saturated carbocycles. The molecule has 0 fully saturated rings. The van der Waals surface area contributed by atoms with Gasteiger partial charge < -0.3 is 10.2 Å². The van der Waals surface area contributed by atoms with Crippen LogP contribution in [-0.2, 0) is 29.1 Å². The van der Waals surface area contributed by atoms with Crippen molar-refractivity contribution in [3.63, 3.8) is 0 Å². The smallest absolute Gasteiger partial charge is 0.243 e. The summed E-state index contributed by atoms with van der Waals surface area (Å²) in [5, 5.41) is 7.35. The first-order chi connectivity index (χ1) is 14.0. The Kier molecular flexibility index (Phi) is 5.34. The average molecular weight is 390 g/mol. The van der Waals surface area contributed by atoms with E-state index in [1.54, 1.807) is 15.6 Å². The second kappa shape index (κ2) is 8.07. The van der Waals surface area contributed by atoms with Crippen LogP contribution in [-0.4, -0.2) is 32.4 Å². The first-order valence-electron chi connectivity index (χ1n) is 10.1. The van der Waals surface area contributed by atoms with Crippen LogP contribution < -0.4 is 5.32 Å². The van der Waals surface area contributed by atoms with Crippen molar-refractivity contribution in [1.82, 2.24) is 19.8 Å². The number of aromatic nitrogens is 2. The number of hydrogen-bond donors (Lipinski definition) is 1. The number of pyridine rings is 1. The summed E-state index contributed by atoms with van der Waals surface area (Å²) < 4.78 is 1.79. The predicted molar refractivity (Wildman–Crippen MR) is 111 cm³/mol. The Morgan fingerprint density at radius 3 is 2.69 bits per heavy atom. The maximum absolute atomic E-state index is 13.1. The molecular formula is C23H26N4O2. The maximum atomic E-state index is 13.1. The summed E-state index contributed by atoms with van der Waals surface area (Å²) in [6.45, 7) is 4.92. The molecule has 6 heteroatoms. The summed E-state index contributed by atoms with van der Waals surface area (Å²) in [5.74, 6) is 0.166. The molecule has 1 atom stereocenters. The van der Waals surface area contributed by atoms with Gasteiger partial charge in [-0.1, -0.05) is 44.2 Å². The molecule has 3 aromatic rings. The zero-order valence-corrected chi connectivity index (χ0v) is 16.8. The molecule has 0 saturated heterocycles. The van der Waals surface area contributed by atoms with Gasteiger partial charge in [-0.2, -0.15) is 5.10 Å². The molecule has 0 aliphatic carbocycles. The second-order valence-corrected chi connectivity index (χ2v) is 8.03. The average Bonchev–Trinajstić information content (AvgIpc) is 3.13. The maximum Gasteiger partial charge on any atom is 0.243 e. The molecule has 6 nitrogen and oxygen atoms in total. The highest BCUT2D eigenvalue weighted by Gasteiger charge is 2.34.